The fourth-order valence-electron chi connectivity index (χ4n) is 1.89. The van der Waals surface area contributed by atoms with Crippen LogP contribution in [0.5, 0.6) is 0 Å². The molecule has 0 saturated carbocycles. The molecule has 1 rings (SSSR count). The predicted octanol–water partition coefficient (Wildman–Crippen LogP) is 3.42. The summed E-state index contributed by atoms with van der Waals surface area (Å²) in [5.41, 5.74) is 2.05. The second-order valence-corrected chi connectivity index (χ2v) is 7.06. The molecule has 0 aliphatic carbocycles. The molecule has 5 heteroatoms. The summed E-state index contributed by atoms with van der Waals surface area (Å²) in [6, 6.07) is 0. The number of allylic oxidation sites excluding steroid dienone is 2. The molecule has 0 aliphatic rings. The minimum absolute atomic E-state index is 0.335. The van der Waals surface area contributed by atoms with E-state index in [1.54, 1.807) is 0 Å². The van der Waals surface area contributed by atoms with Crippen molar-refractivity contribution in [3.05, 3.63) is 28.7 Å². The first kappa shape index (κ1) is 15.4. The molecule has 0 spiro atoms. The number of thiophene rings is 1. The quantitative estimate of drug-likeness (QED) is 0.815. The zero-order chi connectivity index (χ0) is 13.8. The van der Waals surface area contributed by atoms with E-state index in [1.165, 1.54) is 11.3 Å². The molecule has 0 radical (unpaired) electrons. The Labute approximate surface area is 114 Å². The summed E-state index contributed by atoms with van der Waals surface area (Å²) in [5.74, 6) is 0.373. The topological polar surface area (TPSA) is 60.2 Å². The number of primary sulfonamides is 1. The Morgan fingerprint density at radius 3 is 2.67 bits per heavy atom. The normalized spacial score (nSPS) is 14.2. The summed E-state index contributed by atoms with van der Waals surface area (Å²) in [6.45, 7) is 6.19. The summed E-state index contributed by atoms with van der Waals surface area (Å²) in [4.78, 5) is 0. The van der Waals surface area contributed by atoms with Crippen LogP contribution in [-0.2, 0) is 16.4 Å². The molecule has 1 unspecified atom stereocenters. The van der Waals surface area contributed by atoms with Gasteiger partial charge in [-0.15, -0.1) is 11.3 Å². The predicted molar refractivity (Wildman–Crippen MR) is 77.5 cm³/mol. The summed E-state index contributed by atoms with van der Waals surface area (Å²) in [6.07, 6.45) is 6.60. The molecular formula is C13H21NO2S2. The van der Waals surface area contributed by atoms with Crippen molar-refractivity contribution in [2.24, 2.45) is 5.14 Å². The summed E-state index contributed by atoms with van der Waals surface area (Å²) in [5, 5.41) is 7.22. The fourth-order valence-corrected chi connectivity index (χ4v) is 4.11. The lowest BCUT2D eigenvalue weighted by atomic mass is 9.95. The third kappa shape index (κ3) is 3.67. The maximum atomic E-state index is 11.6. The van der Waals surface area contributed by atoms with Gasteiger partial charge in [-0.2, -0.15) is 0 Å². The molecule has 2 N–H and O–H groups in total. The number of nitrogens with two attached hydrogens (primary N) is 1. The Morgan fingerprint density at radius 1 is 1.50 bits per heavy atom. The average molecular weight is 287 g/mol. The molecule has 0 amide bonds. The van der Waals surface area contributed by atoms with Crippen molar-refractivity contribution in [1.82, 2.24) is 0 Å². The molecule has 3 nitrogen and oxygen atoms in total. The molecule has 1 aromatic heterocycles. The van der Waals surface area contributed by atoms with E-state index >= 15 is 0 Å². The second-order valence-electron chi connectivity index (χ2n) is 4.42. The van der Waals surface area contributed by atoms with Crippen LogP contribution in [0.4, 0.5) is 0 Å². The van der Waals surface area contributed by atoms with Gasteiger partial charge in [0.2, 0.25) is 10.0 Å². The summed E-state index contributed by atoms with van der Waals surface area (Å²) >= 11 is 1.25. The lowest BCUT2D eigenvalue weighted by Gasteiger charge is -2.11. The van der Waals surface area contributed by atoms with Crippen LogP contribution >= 0.6 is 11.3 Å². The van der Waals surface area contributed by atoms with Gasteiger partial charge in [-0.25, -0.2) is 13.6 Å². The van der Waals surface area contributed by atoms with Crippen molar-refractivity contribution >= 4 is 21.4 Å². The van der Waals surface area contributed by atoms with Gasteiger partial charge in [0.15, 0.2) is 0 Å². The van der Waals surface area contributed by atoms with Gasteiger partial charge >= 0.3 is 0 Å². The van der Waals surface area contributed by atoms with E-state index in [4.69, 9.17) is 5.14 Å². The van der Waals surface area contributed by atoms with E-state index in [-0.39, 0.29) is 0 Å². The third-order valence-electron chi connectivity index (χ3n) is 3.09. The number of hydrogen-bond donors (Lipinski definition) is 1. The number of rotatable bonds is 6. The number of sulfonamides is 1. The van der Waals surface area contributed by atoms with Gasteiger partial charge in [0.05, 0.1) is 0 Å². The van der Waals surface area contributed by atoms with E-state index < -0.39 is 10.0 Å². The van der Waals surface area contributed by atoms with Crippen LogP contribution < -0.4 is 5.14 Å². The lowest BCUT2D eigenvalue weighted by Crippen LogP contribution is -2.13. The van der Waals surface area contributed by atoms with E-state index in [0.717, 1.165) is 30.4 Å². The van der Waals surface area contributed by atoms with E-state index in [2.05, 4.69) is 13.8 Å². The largest absolute Gasteiger partial charge is 0.247 e. The summed E-state index contributed by atoms with van der Waals surface area (Å²) in [7, 11) is -3.60. The molecule has 0 aliphatic heterocycles. The zero-order valence-corrected chi connectivity index (χ0v) is 12.8. The SMILES string of the molecule is CC=CCCc1c(C(C)CC)csc1S(N)(=O)=O. The Kier molecular flexibility index (Phi) is 5.56. The smallest absolute Gasteiger partial charge is 0.224 e. The van der Waals surface area contributed by atoms with Crippen molar-refractivity contribution in [3.8, 4) is 0 Å². The molecule has 0 aromatic carbocycles. The molecule has 18 heavy (non-hydrogen) atoms. The Morgan fingerprint density at radius 2 is 2.17 bits per heavy atom. The molecule has 0 bridgehead atoms. The Bertz CT molecular complexity index is 515. The van der Waals surface area contributed by atoms with Crippen LogP contribution in [0.1, 0.15) is 50.7 Å². The molecule has 1 atom stereocenters. The molecule has 0 saturated heterocycles. The van der Waals surface area contributed by atoms with Gasteiger partial charge in [0, 0.05) is 0 Å². The van der Waals surface area contributed by atoms with Gasteiger partial charge in [-0.05, 0) is 48.6 Å². The van der Waals surface area contributed by atoms with Gasteiger partial charge in [-0.1, -0.05) is 26.0 Å². The first-order valence-electron chi connectivity index (χ1n) is 6.16. The lowest BCUT2D eigenvalue weighted by molar-refractivity contribution is 0.598. The van der Waals surface area contributed by atoms with Gasteiger partial charge in [0.25, 0.3) is 0 Å². The Balaban J connectivity index is 3.17. The third-order valence-corrected chi connectivity index (χ3v) is 5.67. The minimum atomic E-state index is -3.60. The first-order chi connectivity index (χ1) is 8.41. The summed E-state index contributed by atoms with van der Waals surface area (Å²) < 4.78 is 23.5. The Hall–Kier alpha value is -0.650. The van der Waals surface area contributed by atoms with Gasteiger partial charge < -0.3 is 0 Å². The van der Waals surface area contributed by atoms with Crippen molar-refractivity contribution in [1.29, 1.82) is 0 Å². The monoisotopic (exact) mass is 287 g/mol. The van der Waals surface area contributed by atoms with Crippen molar-refractivity contribution in [3.63, 3.8) is 0 Å². The van der Waals surface area contributed by atoms with Crippen LogP contribution in [0.2, 0.25) is 0 Å². The highest BCUT2D eigenvalue weighted by Gasteiger charge is 2.21. The molecule has 0 fully saturated rings. The highest BCUT2D eigenvalue weighted by Crippen LogP contribution is 2.33. The van der Waals surface area contributed by atoms with Crippen molar-refractivity contribution < 1.29 is 8.42 Å². The first-order valence-corrected chi connectivity index (χ1v) is 8.58. The maximum absolute atomic E-state index is 11.6. The second kappa shape index (κ2) is 6.50. The maximum Gasteiger partial charge on any atom is 0.247 e. The molecule has 1 aromatic rings. The van der Waals surface area contributed by atoms with E-state index in [9.17, 15) is 8.42 Å². The minimum Gasteiger partial charge on any atom is -0.224 e. The fraction of sp³-hybridized carbons (Fsp3) is 0.538. The van der Waals surface area contributed by atoms with E-state index in [1.807, 2.05) is 24.5 Å². The van der Waals surface area contributed by atoms with Crippen molar-refractivity contribution in [2.75, 3.05) is 0 Å². The van der Waals surface area contributed by atoms with Crippen LogP contribution in [0.15, 0.2) is 21.7 Å². The van der Waals surface area contributed by atoms with Crippen LogP contribution in [0.25, 0.3) is 0 Å². The van der Waals surface area contributed by atoms with Crippen molar-refractivity contribution in [2.45, 2.75) is 50.2 Å². The standard InChI is InChI=1S/C13H21NO2S2/c1-4-6-7-8-11-12(10(3)5-2)9-17-13(11)18(14,15)16/h4,6,9-10H,5,7-8H2,1-3H3,(H2,14,15,16). The molecule has 1 heterocycles. The van der Waals surface area contributed by atoms with Gasteiger partial charge in [-0.3, -0.25) is 0 Å². The molecule has 102 valence electrons. The average Bonchev–Trinajstić information content (AvgIpc) is 2.72. The highest BCUT2D eigenvalue weighted by atomic mass is 32.2. The van der Waals surface area contributed by atoms with Crippen LogP contribution in [0, 0.1) is 0 Å². The van der Waals surface area contributed by atoms with Crippen LogP contribution in [-0.4, -0.2) is 8.42 Å². The zero-order valence-electron chi connectivity index (χ0n) is 11.1. The van der Waals surface area contributed by atoms with E-state index in [0.29, 0.717) is 10.1 Å². The highest BCUT2D eigenvalue weighted by molar-refractivity contribution is 7.91. The van der Waals surface area contributed by atoms with Gasteiger partial charge in [0.1, 0.15) is 4.21 Å². The van der Waals surface area contributed by atoms with Crippen LogP contribution in [0.3, 0.4) is 0 Å². The molecular weight excluding hydrogens is 266 g/mol. The number of hydrogen-bond acceptors (Lipinski definition) is 3.